The Hall–Kier alpha value is -3.89. The number of H-pyrrole nitrogens is 2. The molecule has 0 saturated carbocycles. The molecule has 0 radical (unpaired) electrons. The number of hydrogen-bond donors (Lipinski definition) is 3. The van der Waals surface area contributed by atoms with Gasteiger partial charge in [0.05, 0.1) is 41.9 Å². The van der Waals surface area contributed by atoms with Crippen molar-refractivity contribution in [3.8, 4) is 11.5 Å². The van der Waals surface area contributed by atoms with Crippen molar-refractivity contribution in [3.05, 3.63) is 59.3 Å². The predicted octanol–water partition coefficient (Wildman–Crippen LogP) is 2.66. The number of carbonyl (C=O) groups excluding carboxylic acids is 1. The maximum atomic E-state index is 13.1. The van der Waals surface area contributed by atoms with Crippen molar-refractivity contribution in [1.29, 1.82) is 0 Å². The first-order valence-corrected chi connectivity index (χ1v) is 11.4. The van der Waals surface area contributed by atoms with Gasteiger partial charge in [0, 0.05) is 37.7 Å². The van der Waals surface area contributed by atoms with Crippen LogP contribution < -0.4 is 5.32 Å². The van der Waals surface area contributed by atoms with Gasteiger partial charge in [-0.1, -0.05) is 11.6 Å². The quantitative estimate of drug-likeness (QED) is 0.422. The van der Waals surface area contributed by atoms with Gasteiger partial charge in [-0.15, -0.1) is 0 Å². The monoisotopic (exact) mass is 456 g/mol. The number of carbonyl (C=O) groups is 1. The van der Waals surface area contributed by atoms with E-state index < -0.39 is 0 Å². The molecule has 2 aliphatic rings. The molecule has 1 fully saturated rings. The maximum absolute atomic E-state index is 13.1. The van der Waals surface area contributed by atoms with Gasteiger partial charge in [0.25, 0.3) is 5.91 Å². The van der Waals surface area contributed by atoms with E-state index in [0.717, 1.165) is 57.1 Å². The Balaban J connectivity index is 1.23. The molecule has 3 aromatic heterocycles. The van der Waals surface area contributed by atoms with E-state index in [2.05, 4.69) is 41.4 Å². The number of aryl methyl sites for hydroxylation is 1. The number of nitrogens with one attached hydrogen (secondary N) is 3. The topological polar surface area (TPSA) is 125 Å². The van der Waals surface area contributed by atoms with Gasteiger partial charge in [-0.25, -0.2) is 4.98 Å². The number of para-hydroxylation sites is 1. The van der Waals surface area contributed by atoms with Crippen LogP contribution in [-0.4, -0.2) is 73.8 Å². The van der Waals surface area contributed by atoms with Gasteiger partial charge in [-0.2, -0.15) is 5.10 Å². The first-order valence-electron chi connectivity index (χ1n) is 11.4. The van der Waals surface area contributed by atoms with Crippen LogP contribution in [0.3, 0.4) is 0 Å². The fraction of sp³-hybridized carbons (Fsp3) is 0.292. The van der Waals surface area contributed by atoms with Crippen LogP contribution in [0.2, 0.25) is 0 Å². The second-order valence-electron chi connectivity index (χ2n) is 8.48. The van der Waals surface area contributed by atoms with E-state index in [4.69, 9.17) is 9.72 Å². The highest BCUT2D eigenvalue weighted by molar-refractivity contribution is 6.12. The van der Waals surface area contributed by atoms with E-state index >= 15 is 0 Å². The molecule has 0 unspecified atom stereocenters. The lowest BCUT2D eigenvalue weighted by molar-refractivity contribution is 0.0420. The molecule has 0 spiro atoms. The second-order valence-corrected chi connectivity index (χ2v) is 8.48. The van der Waals surface area contributed by atoms with Crippen molar-refractivity contribution >= 4 is 28.7 Å². The molecular formula is C24H24N8O2. The molecule has 4 heterocycles. The highest BCUT2D eigenvalue weighted by atomic mass is 16.5. The fourth-order valence-electron chi connectivity index (χ4n) is 4.50. The number of anilines is 1. The largest absolute Gasteiger partial charge is 0.379 e. The molecule has 1 aliphatic heterocycles. The molecular weight excluding hydrogens is 432 g/mol. The SMILES string of the molecule is O=C(Nc1cn[nH]c1-c1nc2c([nH]1)CCC(CN1CCOCC1)=C2)c1cccc2nccnc12. The molecule has 0 atom stereocenters. The predicted molar refractivity (Wildman–Crippen MR) is 127 cm³/mol. The zero-order valence-corrected chi connectivity index (χ0v) is 18.5. The second kappa shape index (κ2) is 8.81. The lowest BCUT2D eigenvalue weighted by atomic mass is 9.99. The van der Waals surface area contributed by atoms with Gasteiger partial charge >= 0.3 is 0 Å². The van der Waals surface area contributed by atoms with E-state index in [1.807, 2.05) is 6.07 Å². The molecule has 3 N–H and O–H groups in total. The van der Waals surface area contributed by atoms with Crippen LogP contribution in [0, 0.1) is 0 Å². The molecule has 1 aromatic carbocycles. The van der Waals surface area contributed by atoms with Crippen LogP contribution in [0.4, 0.5) is 5.69 Å². The lowest BCUT2D eigenvalue weighted by Gasteiger charge is -2.28. The van der Waals surface area contributed by atoms with Crippen LogP contribution in [0.1, 0.15) is 28.2 Å². The number of fused-ring (bicyclic) bond motifs is 2. The summed E-state index contributed by atoms with van der Waals surface area (Å²) in [5.74, 6) is 0.372. The Morgan fingerprint density at radius 1 is 1.15 bits per heavy atom. The zero-order valence-electron chi connectivity index (χ0n) is 18.5. The summed E-state index contributed by atoms with van der Waals surface area (Å²) in [5, 5.41) is 10.1. The first kappa shape index (κ1) is 20.7. The van der Waals surface area contributed by atoms with Gasteiger partial charge in [0.15, 0.2) is 5.82 Å². The number of amides is 1. The molecule has 10 heteroatoms. The van der Waals surface area contributed by atoms with Crippen molar-refractivity contribution in [2.24, 2.45) is 0 Å². The van der Waals surface area contributed by atoms with Crippen molar-refractivity contribution in [3.63, 3.8) is 0 Å². The number of imidazole rings is 1. The Morgan fingerprint density at radius 2 is 2.03 bits per heavy atom. The highest BCUT2D eigenvalue weighted by Crippen LogP contribution is 2.29. The molecule has 10 nitrogen and oxygen atoms in total. The molecule has 0 bridgehead atoms. The van der Waals surface area contributed by atoms with E-state index in [0.29, 0.717) is 33.8 Å². The van der Waals surface area contributed by atoms with Crippen molar-refractivity contribution in [2.75, 3.05) is 38.2 Å². The van der Waals surface area contributed by atoms with E-state index in [9.17, 15) is 4.79 Å². The van der Waals surface area contributed by atoms with Gasteiger partial charge in [-0.05, 0) is 31.1 Å². The van der Waals surface area contributed by atoms with Crippen molar-refractivity contribution in [1.82, 2.24) is 35.0 Å². The molecule has 1 amide bonds. The number of benzene rings is 1. The molecule has 4 aromatic rings. The summed E-state index contributed by atoms with van der Waals surface area (Å²) in [7, 11) is 0. The number of morpholine rings is 1. The minimum Gasteiger partial charge on any atom is -0.379 e. The first-order chi connectivity index (χ1) is 16.7. The average molecular weight is 457 g/mol. The van der Waals surface area contributed by atoms with Crippen LogP contribution >= 0.6 is 0 Å². The van der Waals surface area contributed by atoms with Crippen LogP contribution in [0.25, 0.3) is 28.6 Å². The summed E-state index contributed by atoms with van der Waals surface area (Å²) in [6.45, 7) is 4.48. The Bertz CT molecular complexity index is 1380. The number of aromatic nitrogens is 6. The number of nitrogens with zero attached hydrogens (tertiary/aromatic N) is 5. The van der Waals surface area contributed by atoms with Gasteiger partial charge < -0.3 is 15.0 Å². The Morgan fingerprint density at radius 3 is 2.94 bits per heavy atom. The van der Waals surface area contributed by atoms with Gasteiger partial charge in [0.1, 0.15) is 11.2 Å². The molecule has 34 heavy (non-hydrogen) atoms. The zero-order chi connectivity index (χ0) is 22.9. The average Bonchev–Trinajstić information content (AvgIpc) is 3.50. The molecule has 1 aliphatic carbocycles. The Labute approximate surface area is 195 Å². The Kier molecular flexibility index (Phi) is 5.36. The van der Waals surface area contributed by atoms with Crippen LogP contribution in [-0.2, 0) is 11.2 Å². The summed E-state index contributed by atoms with van der Waals surface area (Å²) < 4.78 is 5.45. The third-order valence-corrected chi connectivity index (χ3v) is 6.25. The van der Waals surface area contributed by atoms with Crippen molar-refractivity contribution in [2.45, 2.75) is 12.8 Å². The third-order valence-electron chi connectivity index (χ3n) is 6.25. The fourth-order valence-corrected chi connectivity index (χ4v) is 4.50. The lowest BCUT2D eigenvalue weighted by Crippen LogP contribution is -2.37. The highest BCUT2D eigenvalue weighted by Gasteiger charge is 2.21. The summed E-state index contributed by atoms with van der Waals surface area (Å²) in [6, 6.07) is 5.36. The number of ether oxygens (including phenoxy) is 1. The summed E-state index contributed by atoms with van der Waals surface area (Å²) >= 11 is 0. The summed E-state index contributed by atoms with van der Waals surface area (Å²) in [5.41, 5.74) is 6.28. The maximum Gasteiger partial charge on any atom is 0.258 e. The smallest absolute Gasteiger partial charge is 0.258 e. The number of rotatable bonds is 5. The van der Waals surface area contributed by atoms with Crippen molar-refractivity contribution < 1.29 is 9.53 Å². The minimum atomic E-state index is -0.280. The van der Waals surface area contributed by atoms with Gasteiger partial charge in [-0.3, -0.25) is 24.8 Å². The number of aromatic amines is 2. The third kappa shape index (κ3) is 3.97. The van der Waals surface area contributed by atoms with E-state index in [1.54, 1.807) is 30.7 Å². The minimum absolute atomic E-state index is 0.280. The molecule has 1 saturated heterocycles. The summed E-state index contributed by atoms with van der Waals surface area (Å²) in [4.78, 5) is 32.3. The van der Waals surface area contributed by atoms with E-state index in [1.165, 1.54) is 5.57 Å². The summed E-state index contributed by atoms with van der Waals surface area (Å²) in [6.07, 6.45) is 8.86. The van der Waals surface area contributed by atoms with Crippen LogP contribution in [0.5, 0.6) is 0 Å². The van der Waals surface area contributed by atoms with E-state index in [-0.39, 0.29) is 5.91 Å². The molecule has 6 rings (SSSR count). The standard InChI is InChI=1S/C24H24N8O2/c33-24(16-2-1-3-18-21(16)26-7-6-25-18)30-20-13-27-31-22(20)23-28-17-5-4-15(12-19(17)29-23)14-32-8-10-34-11-9-32/h1-3,6-7,12-13H,4-5,8-11,14H2,(H,27,31)(H,28,29)(H,30,33). The van der Waals surface area contributed by atoms with Gasteiger partial charge in [0.2, 0.25) is 0 Å². The molecule has 172 valence electrons. The van der Waals surface area contributed by atoms with Crippen LogP contribution in [0.15, 0.2) is 42.4 Å². The number of hydrogen-bond acceptors (Lipinski definition) is 7. The normalized spacial score (nSPS) is 16.3.